The van der Waals surface area contributed by atoms with Crippen LogP contribution in [0.5, 0.6) is 0 Å². The van der Waals surface area contributed by atoms with Gasteiger partial charge in [0.15, 0.2) is 5.82 Å². The highest BCUT2D eigenvalue weighted by molar-refractivity contribution is 5.83. The molecule has 21 heavy (non-hydrogen) atoms. The molecule has 0 spiro atoms. The summed E-state index contributed by atoms with van der Waals surface area (Å²) < 4.78 is 1.67. The van der Waals surface area contributed by atoms with Crippen LogP contribution in [0.3, 0.4) is 0 Å². The molecular weight excluding hydrogens is 264 g/mol. The molecule has 0 bridgehead atoms. The van der Waals surface area contributed by atoms with Gasteiger partial charge in [-0.2, -0.15) is 9.78 Å². The lowest BCUT2D eigenvalue weighted by atomic mass is 10.3. The zero-order chi connectivity index (χ0) is 15.8. The van der Waals surface area contributed by atoms with E-state index in [9.17, 15) is 0 Å². The Bertz CT molecular complexity index is 595. The van der Waals surface area contributed by atoms with Gasteiger partial charge in [-0.05, 0) is 51.7 Å². The second kappa shape index (κ2) is 7.90. The van der Waals surface area contributed by atoms with Crippen molar-refractivity contribution in [1.82, 2.24) is 25.0 Å². The first-order valence-electron chi connectivity index (χ1n) is 6.64. The van der Waals surface area contributed by atoms with Gasteiger partial charge in [0, 0.05) is 11.9 Å². The first-order valence-corrected chi connectivity index (χ1v) is 6.64. The van der Waals surface area contributed by atoms with Crippen molar-refractivity contribution >= 4 is 5.71 Å². The quantitative estimate of drug-likeness (QED) is 0.678. The third kappa shape index (κ3) is 5.15. The first kappa shape index (κ1) is 16.5. The van der Waals surface area contributed by atoms with Gasteiger partial charge in [-0.25, -0.2) is 4.98 Å². The van der Waals surface area contributed by atoms with Crippen molar-refractivity contribution in [3.05, 3.63) is 30.0 Å². The summed E-state index contributed by atoms with van der Waals surface area (Å²) in [7, 11) is 0. The van der Waals surface area contributed by atoms with E-state index in [2.05, 4.69) is 33.1 Å². The van der Waals surface area contributed by atoms with E-state index in [1.54, 1.807) is 10.9 Å². The molecule has 1 aliphatic rings. The maximum Gasteiger partial charge on any atom is 0.177 e. The van der Waals surface area contributed by atoms with E-state index >= 15 is 0 Å². The highest BCUT2D eigenvalue weighted by atomic mass is 15.4. The third-order valence-corrected chi connectivity index (χ3v) is 2.84. The molecule has 0 radical (unpaired) electrons. The number of aromatic nitrogens is 5. The Morgan fingerprint density at radius 2 is 2.00 bits per heavy atom. The summed E-state index contributed by atoms with van der Waals surface area (Å²) in [5.74, 6) is 2.94. The molecule has 2 aromatic heterocycles. The fourth-order valence-electron chi connectivity index (χ4n) is 1.66. The average molecular weight is 284 g/mol. The highest BCUT2D eigenvalue weighted by Gasteiger charge is 2.22. The molecule has 6 heteroatoms. The van der Waals surface area contributed by atoms with E-state index in [-0.39, 0.29) is 0 Å². The van der Waals surface area contributed by atoms with Crippen molar-refractivity contribution in [3.8, 4) is 18.7 Å². The van der Waals surface area contributed by atoms with Gasteiger partial charge in [-0.15, -0.1) is 23.0 Å². The SMILES string of the molecule is C#C.CC(=N)C1CC1.Cc1nc(C)n(-c2cccnn2)n1. The second-order valence-corrected chi connectivity index (χ2v) is 4.66. The lowest BCUT2D eigenvalue weighted by molar-refractivity contribution is 0.779. The van der Waals surface area contributed by atoms with Gasteiger partial charge in [-0.1, -0.05) is 0 Å². The van der Waals surface area contributed by atoms with Crippen LogP contribution >= 0.6 is 0 Å². The predicted octanol–water partition coefficient (Wildman–Crippen LogP) is 2.36. The van der Waals surface area contributed by atoms with Crippen LogP contribution in [-0.2, 0) is 0 Å². The fraction of sp³-hybridized carbons (Fsp3) is 0.400. The molecule has 0 unspecified atom stereocenters. The van der Waals surface area contributed by atoms with Crippen LogP contribution in [0.4, 0.5) is 0 Å². The minimum atomic E-state index is 0.685. The van der Waals surface area contributed by atoms with Gasteiger partial charge in [-0.3, -0.25) is 0 Å². The van der Waals surface area contributed by atoms with Crippen molar-refractivity contribution in [3.63, 3.8) is 0 Å². The number of terminal acetylenes is 1. The van der Waals surface area contributed by atoms with Crippen molar-refractivity contribution < 1.29 is 0 Å². The third-order valence-electron chi connectivity index (χ3n) is 2.84. The summed E-state index contributed by atoms with van der Waals surface area (Å²) in [6.07, 6.45) is 12.2. The molecule has 3 rings (SSSR count). The summed E-state index contributed by atoms with van der Waals surface area (Å²) in [4.78, 5) is 4.17. The molecule has 1 fully saturated rings. The maximum atomic E-state index is 7.01. The number of nitrogens with zero attached hydrogens (tertiary/aromatic N) is 5. The second-order valence-electron chi connectivity index (χ2n) is 4.66. The van der Waals surface area contributed by atoms with E-state index in [1.807, 2.05) is 32.9 Å². The van der Waals surface area contributed by atoms with Crippen molar-refractivity contribution in [2.75, 3.05) is 0 Å². The van der Waals surface area contributed by atoms with Crippen LogP contribution in [0.25, 0.3) is 5.82 Å². The Morgan fingerprint density at radius 3 is 2.33 bits per heavy atom. The van der Waals surface area contributed by atoms with Crippen LogP contribution in [-0.4, -0.2) is 30.7 Å². The largest absolute Gasteiger partial charge is 0.310 e. The van der Waals surface area contributed by atoms with E-state index < -0.39 is 0 Å². The van der Waals surface area contributed by atoms with Crippen molar-refractivity contribution in [2.24, 2.45) is 5.92 Å². The Balaban J connectivity index is 0.000000231. The predicted molar refractivity (Wildman–Crippen MR) is 82.4 cm³/mol. The van der Waals surface area contributed by atoms with E-state index in [1.165, 1.54) is 12.8 Å². The molecule has 0 amide bonds. The Hall–Kier alpha value is -2.55. The van der Waals surface area contributed by atoms with Crippen LogP contribution in [0, 0.1) is 38.0 Å². The first-order chi connectivity index (χ1) is 10.1. The highest BCUT2D eigenvalue weighted by Crippen LogP contribution is 2.29. The normalized spacial score (nSPS) is 12.4. The summed E-state index contributed by atoms with van der Waals surface area (Å²) in [6, 6.07) is 3.66. The van der Waals surface area contributed by atoms with E-state index in [0.29, 0.717) is 11.7 Å². The molecule has 2 heterocycles. The minimum Gasteiger partial charge on any atom is -0.310 e. The number of nitrogens with one attached hydrogen (secondary N) is 1. The molecule has 110 valence electrons. The lowest BCUT2D eigenvalue weighted by Crippen LogP contribution is -2.02. The van der Waals surface area contributed by atoms with Crippen LogP contribution < -0.4 is 0 Å². The standard InChI is InChI=1S/C8H9N5.C5H9N.C2H2/c1-6-10-7(2)13(12-6)8-4-3-5-9-11-8;1-4(6)5-2-3-5;1-2/h3-5H,1-2H3;5-6H,2-3H2,1H3;1-2H. The number of rotatable bonds is 2. The van der Waals surface area contributed by atoms with Crippen molar-refractivity contribution in [2.45, 2.75) is 33.6 Å². The number of hydrogen-bond acceptors (Lipinski definition) is 5. The Kier molecular flexibility index (Phi) is 6.21. The molecule has 0 aromatic carbocycles. The molecule has 6 nitrogen and oxygen atoms in total. The molecule has 1 saturated carbocycles. The lowest BCUT2D eigenvalue weighted by Gasteiger charge is -1.98. The van der Waals surface area contributed by atoms with Gasteiger partial charge in [0.1, 0.15) is 11.6 Å². The summed E-state index contributed by atoms with van der Waals surface area (Å²) in [5, 5.41) is 18.9. The molecular formula is C15H20N6. The molecule has 0 saturated heterocycles. The van der Waals surface area contributed by atoms with Crippen LogP contribution in [0.15, 0.2) is 18.3 Å². The topological polar surface area (TPSA) is 80.3 Å². The van der Waals surface area contributed by atoms with Crippen LogP contribution in [0.2, 0.25) is 0 Å². The van der Waals surface area contributed by atoms with E-state index in [0.717, 1.165) is 17.4 Å². The average Bonchev–Trinajstić information content (AvgIpc) is 3.28. The Labute approximate surface area is 125 Å². The number of aryl methyl sites for hydroxylation is 2. The zero-order valence-electron chi connectivity index (χ0n) is 12.6. The van der Waals surface area contributed by atoms with Gasteiger partial charge in [0.25, 0.3) is 0 Å². The van der Waals surface area contributed by atoms with Gasteiger partial charge < -0.3 is 5.41 Å². The zero-order valence-corrected chi connectivity index (χ0v) is 12.6. The summed E-state index contributed by atoms with van der Waals surface area (Å²) >= 11 is 0. The monoisotopic (exact) mass is 284 g/mol. The molecule has 0 aliphatic heterocycles. The smallest absolute Gasteiger partial charge is 0.177 e. The molecule has 0 atom stereocenters. The maximum absolute atomic E-state index is 7.01. The molecule has 1 aliphatic carbocycles. The fourth-order valence-corrected chi connectivity index (χ4v) is 1.66. The van der Waals surface area contributed by atoms with Crippen molar-refractivity contribution in [1.29, 1.82) is 5.41 Å². The van der Waals surface area contributed by atoms with E-state index in [4.69, 9.17) is 5.41 Å². The Morgan fingerprint density at radius 1 is 1.33 bits per heavy atom. The summed E-state index contributed by atoms with van der Waals surface area (Å²) in [6.45, 7) is 5.62. The van der Waals surface area contributed by atoms with Gasteiger partial charge in [0.2, 0.25) is 0 Å². The number of hydrogen-bond donors (Lipinski definition) is 1. The summed E-state index contributed by atoms with van der Waals surface area (Å²) in [5.41, 5.74) is 0.870. The van der Waals surface area contributed by atoms with Crippen LogP contribution in [0.1, 0.15) is 31.4 Å². The molecule has 1 N–H and O–H groups in total. The molecule has 2 aromatic rings. The van der Waals surface area contributed by atoms with Gasteiger partial charge >= 0.3 is 0 Å². The van der Waals surface area contributed by atoms with Gasteiger partial charge in [0.05, 0.1) is 0 Å². The minimum absolute atomic E-state index is 0.685.